The number of carbonyl (C=O) groups excluding carboxylic acids is 2. The molecule has 0 aromatic carbocycles. The van der Waals surface area contributed by atoms with E-state index in [2.05, 4.69) is 10.3 Å². The fraction of sp³-hybridized carbons (Fsp3) is 0.533. The van der Waals surface area contributed by atoms with E-state index in [0.29, 0.717) is 23.9 Å². The molecule has 1 saturated heterocycles. The minimum absolute atomic E-state index is 0.0110. The fourth-order valence-corrected chi connectivity index (χ4v) is 3.02. The summed E-state index contributed by atoms with van der Waals surface area (Å²) >= 11 is 6.13. The quantitative estimate of drug-likeness (QED) is 0.922. The van der Waals surface area contributed by atoms with Crippen LogP contribution in [0.15, 0.2) is 18.5 Å². The lowest BCUT2D eigenvalue weighted by molar-refractivity contribution is -0.150. The lowest BCUT2D eigenvalue weighted by Crippen LogP contribution is -2.63. The monoisotopic (exact) mass is 307 g/mol. The minimum Gasteiger partial charge on any atom is -0.342 e. The van der Waals surface area contributed by atoms with Gasteiger partial charge in [0, 0.05) is 18.9 Å². The molecule has 1 aliphatic heterocycles. The SMILES string of the molecule is CCC1C(=O)NC(C2CC2)C(=O)N1Cc1ccncc1Cl. The number of nitrogens with zero attached hydrogens (tertiary/aromatic N) is 2. The standard InChI is InChI=1S/C15H18ClN3O2/c1-2-12-14(20)18-13(9-3-4-9)15(21)19(12)8-10-5-6-17-7-11(10)16/h5-7,9,12-13H,2-4,8H2,1H3,(H,18,20). The second-order valence-electron chi connectivity index (χ2n) is 5.68. The topological polar surface area (TPSA) is 62.3 Å². The van der Waals surface area contributed by atoms with Gasteiger partial charge in [-0.25, -0.2) is 0 Å². The zero-order valence-corrected chi connectivity index (χ0v) is 12.6. The van der Waals surface area contributed by atoms with Crippen LogP contribution in [0.25, 0.3) is 0 Å². The first-order valence-electron chi connectivity index (χ1n) is 7.31. The van der Waals surface area contributed by atoms with E-state index in [1.165, 1.54) is 0 Å². The average Bonchev–Trinajstić information content (AvgIpc) is 3.29. The maximum atomic E-state index is 12.7. The Balaban J connectivity index is 1.86. The Morgan fingerprint density at radius 2 is 2.19 bits per heavy atom. The molecular weight excluding hydrogens is 290 g/mol. The third kappa shape index (κ3) is 2.75. The molecule has 6 heteroatoms. The van der Waals surface area contributed by atoms with Crippen molar-refractivity contribution in [3.63, 3.8) is 0 Å². The molecule has 1 saturated carbocycles. The Morgan fingerprint density at radius 3 is 2.81 bits per heavy atom. The number of pyridine rings is 1. The van der Waals surface area contributed by atoms with Crippen LogP contribution in [0.3, 0.4) is 0 Å². The molecular formula is C15H18ClN3O2. The number of hydrogen-bond donors (Lipinski definition) is 1. The fourth-order valence-electron chi connectivity index (χ4n) is 2.84. The predicted molar refractivity (Wildman–Crippen MR) is 78.5 cm³/mol. The van der Waals surface area contributed by atoms with Crippen LogP contribution < -0.4 is 5.32 Å². The molecule has 21 heavy (non-hydrogen) atoms. The molecule has 2 heterocycles. The Kier molecular flexibility index (Phi) is 3.85. The van der Waals surface area contributed by atoms with E-state index < -0.39 is 6.04 Å². The smallest absolute Gasteiger partial charge is 0.246 e. The molecule has 5 nitrogen and oxygen atoms in total. The van der Waals surface area contributed by atoms with Gasteiger partial charge in [-0.2, -0.15) is 0 Å². The summed E-state index contributed by atoms with van der Waals surface area (Å²) in [6.45, 7) is 2.27. The van der Waals surface area contributed by atoms with Crippen LogP contribution in [0.1, 0.15) is 31.7 Å². The van der Waals surface area contributed by atoms with Crippen LogP contribution in [-0.4, -0.2) is 33.8 Å². The van der Waals surface area contributed by atoms with Gasteiger partial charge in [0.05, 0.1) is 5.02 Å². The summed E-state index contributed by atoms with van der Waals surface area (Å²) < 4.78 is 0. The Labute approximate surface area is 128 Å². The Morgan fingerprint density at radius 1 is 1.43 bits per heavy atom. The molecule has 2 unspecified atom stereocenters. The maximum absolute atomic E-state index is 12.7. The van der Waals surface area contributed by atoms with Crippen molar-refractivity contribution < 1.29 is 9.59 Å². The van der Waals surface area contributed by atoms with Gasteiger partial charge in [0.25, 0.3) is 0 Å². The number of rotatable bonds is 4. The number of nitrogens with one attached hydrogen (secondary N) is 1. The van der Waals surface area contributed by atoms with Crippen molar-refractivity contribution in [1.82, 2.24) is 15.2 Å². The van der Waals surface area contributed by atoms with Crippen LogP contribution in [0.5, 0.6) is 0 Å². The highest BCUT2D eigenvalue weighted by Gasteiger charge is 2.46. The molecule has 2 amide bonds. The zero-order chi connectivity index (χ0) is 15.0. The lowest BCUT2D eigenvalue weighted by Gasteiger charge is -2.39. The molecule has 0 bridgehead atoms. The van der Waals surface area contributed by atoms with E-state index in [4.69, 9.17) is 11.6 Å². The normalized spacial score (nSPS) is 25.9. The van der Waals surface area contributed by atoms with E-state index in [1.807, 2.05) is 6.92 Å². The molecule has 0 spiro atoms. The lowest BCUT2D eigenvalue weighted by atomic mass is 10.0. The molecule has 1 aliphatic carbocycles. The second-order valence-corrected chi connectivity index (χ2v) is 6.09. The summed E-state index contributed by atoms with van der Waals surface area (Å²) in [7, 11) is 0. The molecule has 0 radical (unpaired) electrons. The van der Waals surface area contributed by atoms with Gasteiger partial charge in [0.15, 0.2) is 0 Å². The van der Waals surface area contributed by atoms with Crippen molar-refractivity contribution in [3.8, 4) is 0 Å². The van der Waals surface area contributed by atoms with E-state index in [0.717, 1.165) is 18.4 Å². The second kappa shape index (κ2) is 5.64. The number of carbonyl (C=O) groups is 2. The van der Waals surface area contributed by atoms with Gasteiger partial charge in [0.2, 0.25) is 11.8 Å². The first-order chi connectivity index (χ1) is 10.1. The van der Waals surface area contributed by atoms with Gasteiger partial charge in [-0.15, -0.1) is 0 Å². The van der Waals surface area contributed by atoms with Gasteiger partial charge >= 0.3 is 0 Å². The van der Waals surface area contributed by atoms with E-state index in [-0.39, 0.29) is 17.9 Å². The molecule has 2 atom stereocenters. The van der Waals surface area contributed by atoms with Crippen molar-refractivity contribution >= 4 is 23.4 Å². The van der Waals surface area contributed by atoms with Crippen LogP contribution in [0, 0.1) is 5.92 Å². The first-order valence-corrected chi connectivity index (χ1v) is 7.69. The zero-order valence-electron chi connectivity index (χ0n) is 11.9. The highest BCUT2D eigenvalue weighted by molar-refractivity contribution is 6.31. The number of halogens is 1. The summed E-state index contributed by atoms with van der Waals surface area (Å²) in [4.78, 5) is 30.6. The molecule has 2 fully saturated rings. The first kappa shape index (κ1) is 14.3. The third-order valence-electron chi connectivity index (χ3n) is 4.20. The van der Waals surface area contributed by atoms with Crippen molar-refractivity contribution in [2.45, 2.75) is 44.8 Å². The number of amides is 2. The van der Waals surface area contributed by atoms with Crippen molar-refractivity contribution in [3.05, 3.63) is 29.0 Å². The highest BCUT2D eigenvalue weighted by Crippen LogP contribution is 2.35. The Bertz CT molecular complexity index is 574. The van der Waals surface area contributed by atoms with Crippen molar-refractivity contribution in [2.75, 3.05) is 0 Å². The van der Waals surface area contributed by atoms with Crippen LogP contribution in [0.2, 0.25) is 5.02 Å². The van der Waals surface area contributed by atoms with E-state index >= 15 is 0 Å². The summed E-state index contributed by atoms with van der Waals surface area (Å²) in [6.07, 6.45) is 5.83. The van der Waals surface area contributed by atoms with Gasteiger partial charge < -0.3 is 10.2 Å². The maximum Gasteiger partial charge on any atom is 0.246 e. The molecule has 1 N–H and O–H groups in total. The van der Waals surface area contributed by atoms with E-state index in [9.17, 15) is 9.59 Å². The highest BCUT2D eigenvalue weighted by atomic mass is 35.5. The van der Waals surface area contributed by atoms with Gasteiger partial charge in [-0.1, -0.05) is 18.5 Å². The molecule has 1 aromatic rings. The van der Waals surface area contributed by atoms with Gasteiger partial charge in [-0.3, -0.25) is 14.6 Å². The van der Waals surface area contributed by atoms with Crippen LogP contribution in [-0.2, 0) is 16.1 Å². The molecule has 2 aliphatic rings. The third-order valence-corrected chi connectivity index (χ3v) is 4.54. The number of hydrogen-bond acceptors (Lipinski definition) is 3. The predicted octanol–water partition coefficient (Wildman–Crippen LogP) is 1.75. The average molecular weight is 308 g/mol. The van der Waals surface area contributed by atoms with Crippen molar-refractivity contribution in [1.29, 1.82) is 0 Å². The molecule has 1 aromatic heterocycles. The number of aromatic nitrogens is 1. The van der Waals surface area contributed by atoms with Gasteiger partial charge in [0.1, 0.15) is 12.1 Å². The largest absolute Gasteiger partial charge is 0.342 e. The van der Waals surface area contributed by atoms with Crippen molar-refractivity contribution in [2.24, 2.45) is 5.92 Å². The summed E-state index contributed by atoms with van der Waals surface area (Å²) in [5.74, 6) is 0.255. The minimum atomic E-state index is -0.420. The molecule has 3 rings (SSSR count). The Hall–Kier alpha value is -1.62. The summed E-state index contributed by atoms with van der Waals surface area (Å²) in [5, 5.41) is 3.41. The van der Waals surface area contributed by atoms with Gasteiger partial charge in [-0.05, 0) is 36.8 Å². The van der Waals surface area contributed by atoms with E-state index in [1.54, 1.807) is 23.4 Å². The van der Waals surface area contributed by atoms with Crippen LogP contribution in [0.4, 0.5) is 0 Å². The molecule has 112 valence electrons. The number of piperazine rings is 1. The summed E-state index contributed by atoms with van der Waals surface area (Å²) in [6, 6.07) is 1.01. The summed E-state index contributed by atoms with van der Waals surface area (Å²) in [5.41, 5.74) is 0.822. The van der Waals surface area contributed by atoms with Crippen LogP contribution >= 0.6 is 11.6 Å².